The van der Waals surface area contributed by atoms with Crippen LogP contribution in [0, 0.1) is 6.92 Å². The Hall–Kier alpha value is -1.32. The van der Waals surface area contributed by atoms with Crippen LogP contribution in [-0.2, 0) is 0 Å². The van der Waals surface area contributed by atoms with E-state index >= 15 is 0 Å². The van der Waals surface area contributed by atoms with Crippen molar-refractivity contribution in [2.24, 2.45) is 0 Å². The summed E-state index contributed by atoms with van der Waals surface area (Å²) >= 11 is 1.83. The number of anilines is 1. The lowest BCUT2D eigenvalue weighted by molar-refractivity contribution is 0.313. The molecule has 0 aliphatic carbocycles. The van der Waals surface area contributed by atoms with E-state index in [2.05, 4.69) is 59.5 Å². The van der Waals surface area contributed by atoms with Crippen molar-refractivity contribution in [1.29, 1.82) is 0 Å². The van der Waals surface area contributed by atoms with Crippen LogP contribution >= 0.6 is 11.3 Å². The Morgan fingerprint density at radius 3 is 2.53 bits per heavy atom. The predicted molar refractivity (Wildman–Crippen MR) is 84.2 cm³/mol. The summed E-state index contributed by atoms with van der Waals surface area (Å²) in [5.74, 6) is 0. The molecule has 0 N–H and O–H groups in total. The Labute approximate surface area is 119 Å². The lowest BCUT2D eigenvalue weighted by atomic mass is 10.1. The standard InChI is InChI=1S/C16H20N2S/c1-13-6-11-19-16(13)14-4-3-5-15(12-14)18-9-7-17(2)8-10-18/h3-6,11-12H,7-10H2,1-2H3. The molecule has 1 aromatic heterocycles. The first-order valence-electron chi connectivity index (χ1n) is 6.82. The minimum Gasteiger partial charge on any atom is -0.369 e. The van der Waals surface area contributed by atoms with Gasteiger partial charge in [0.25, 0.3) is 0 Å². The number of nitrogens with zero attached hydrogens (tertiary/aromatic N) is 2. The zero-order valence-corrected chi connectivity index (χ0v) is 12.4. The van der Waals surface area contributed by atoms with Crippen molar-refractivity contribution in [2.75, 3.05) is 38.1 Å². The summed E-state index contributed by atoms with van der Waals surface area (Å²) in [6.45, 7) is 6.76. The molecule has 0 amide bonds. The van der Waals surface area contributed by atoms with Gasteiger partial charge in [-0.3, -0.25) is 0 Å². The molecule has 1 aliphatic rings. The van der Waals surface area contributed by atoms with E-state index in [0.717, 1.165) is 26.2 Å². The molecule has 0 atom stereocenters. The zero-order valence-electron chi connectivity index (χ0n) is 11.6. The lowest BCUT2D eigenvalue weighted by Crippen LogP contribution is -2.44. The highest BCUT2D eigenvalue weighted by Gasteiger charge is 2.14. The van der Waals surface area contributed by atoms with Gasteiger partial charge >= 0.3 is 0 Å². The van der Waals surface area contributed by atoms with Crippen molar-refractivity contribution in [3.8, 4) is 10.4 Å². The molecule has 1 aliphatic heterocycles. The molecular weight excluding hydrogens is 252 g/mol. The lowest BCUT2D eigenvalue weighted by Gasteiger charge is -2.34. The van der Waals surface area contributed by atoms with E-state index in [9.17, 15) is 0 Å². The third kappa shape index (κ3) is 2.67. The molecule has 2 nitrogen and oxygen atoms in total. The number of likely N-dealkylation sites (N-methyl/N-ethyl adjacent to an activating group) is 1. The van der Waals surface area contributed by atoms with Gasteiger partial charge in [-0.2, -0.15) is 0 Å². The van der Waals surface area contributed by atoms with Gasteiger partial charge in [0.05, 0.1) is 0 Å². The average Bonchev–Trinajstić information content (AvgIpc) is 2.86. The number of piperazine rings is 1. The summed E-state index contributed by atoms with van der Waals surface area (Å²) in [7, 11) is 2.20. The van der Waals surface area contributed by atoms with Crippen LogP contribution in [0.25, 0.3) is 10.4 Å². The molecule has 0 bridgehead atoms. The number of thiophene rings is 1. The van der Waals surface area contributed by atoms with Gasteiger partial charge in [0.15, 0.2) is 0 Å². The predicted octanol–water partition coefficient (Wildman–Crippen LogP) is 3.48. The molecule has 0 unspecified atom stereocenters. The largest absolute Gasteiger partial charge is 0.369 e. The van der Waals surface area contributed by atoms with Crippen LogP contribution in [0.3, 0.4) is 0 Å². The maximum absolute atomic E-state index is 2.49. The van der Waals surface area contributed by atoms with Crippen molar-refractivity contribution in [3.05, 3.63) is 41.3 Å². The number of rotatable bonds is 2. The van der Waals surface area contributed by atoms with Gasteiger partial charge in [-0.05, 0) is 48.7 Å². The first-order valence-corrected chi connectivity index (χ1v) is 7.70. The van der Waals surface area contributed by atoms with Crippen LogP contribution in [0.5, 0.6) is 0 Å². The zero-order chi connectivity index (χ0) is 13.2. The van der Waals surface area contributed by atoms with Crippen molar-refractivity contribution in [2.45, 2.75) is 6.92 Å². The van der Waals surface area contributed by atoms with E-state index in [1.807, 2.05) is 11.3 Å². The van der Waals surface area contributed by atoms with Gasteiger partial charge in [0.1, 0.15) is 0 Å². The fraction of sp³-hybridized carbons (Fsp3) is 0.375. The molecule has 2 aromatic rings. The molecule has 1 aromatic carbocycles. The van der Waals surface area contributed by atoms with Crippen molar-refractivity contribution in [1.82, 2.24) is 4.90 Å². The van der Waals surface area contributed by atoms with Crippen LogP contribution in [0.15, 0.2) is 35.7 Å². The van der Waals surface area contributed by atoms with Gasteiger partial charge in [-0.1, -0.05) is 12.1 Å². The summed E-state index contributed by atoms with van der Waals surface area (Å²) < 4.78 is 0. The normalized spacial score (nSPS) is 16.8. The summed E-state index contributed by atoms with van der Waals surface area (Å²) in [6.07, 6.45) is 0. The molecule has 0 radical (unpaired) electrons. The quantitative estimate of drug-likeness (QED) is 0.826. The molecule has 3 rings (SSSR count). The second-order valence-corrected chi connectivity index (χ2v) is 6.19. The number of hydrogen-bond donors (Lipinski definition) is 0. The van der Waals surface area contributed by atoms with E-state index in [1.165, 1.54) is 21.7 Å². The van der Waals surface area contributed by atoms with Gasteiger partial charge in [0.2, 0.25) is 0 Å². The van der Waals surface area contributed by atoms with Gasteiger partial charge in [0, 0.05) is 36.7 Å². The van der Waals surface area contributed by atoms with Gasteiger partial charge < -0.3 is 9.80 Å². The summed E-state index contributed by atoms with van der Waals surface area (Å²) in [4.78, 5) is 6.28. The van der Waals surface area contributed by atoms with Gasteiger partial charge in [-0.15, -0.1) is 11.3 Å². The first kappa shape index (κ1) is 12.7. The fourth-order valence-electron chi connectivity index (χ4n) is 2.58. The monoisotopic (exact) mass is 272 g/mol. The Morgan fingerprint density at radius 2 is 1.84 bits per heavy atom. The first-order chi connectivity index (χ1) is 9.24. The molecule has 100 valence electrons. The van der Waals surface area contributed by atoms with Crippen molar-refractivity contribution < 1.29 is 0 Å². The van der Waals surface area contributed by atoms with Gasteiger partial charge in [-0.25, -0.2) is 0 Å². The molecule has 0 spiro atoms. The highest BCUT2D eigenvalue weighted by molar-refractivity contribution is 7.13. The Bertz CT molecular complexity index is 553. The maximum atomic E-state index is 2.49. The second kappa shape index (κ2) is 5.35. The molecular formula is C16H20N2S. The summed E-state index contributed by atoms with van der Waals surface area (Å²) in [6, 6.07) is 11.2. The molecule has 2 heterocycles. The minimum atomic E-state index is 1.13. The Morgan fingerprint density at radius 1 is 1.05 bits per heavy atom. The summed E-state index contributed by atoms with van der Waals surface area (Å²) in [5.41, 5.74) is 4.09. The molecule has 1 fully saturated rings. The van der Waals surface area contributed by atoms with Crippen LogP contribution in [-0.4, -0.2) is 38.1 Å². The van der Waals surface area contributed by atoms with Crippen molar-refractivity contribution >= 4 is 17.0 Å². The fourth-order valence-corrected chi connectivity index (χ4v) is 3.50. The molecule has 19 heavy (non-hydrogen) atoms. The van der Waals surface area contributed by atoms with Crippen LogP contribution < -0.4 is 4.90 Å². The summed E-state index contributed by atoms with van der Waals surface area (Å²) in [5, 5.41) is 2.17. The average molecular weight is 272 g/mol. The third-order valence-corrected chi connectivity index (χ3v) is 4.90. The smallest absolute Gasteiger partial charge is 0.0373 e. The molecule has 3 heteroatoms. The molecule has 0 saturated carbocycles. The van der Waals surface area contributed by atoms with Crippen LogP contribution in [0.1, 0.15) is 5.56 Å². The topological polar surface area (TPSA) is 6.48 Å². The minimum absolute atomic E-state index is 1.13. The third-order valence-electron chi connectivity index (χ3n) is 3.84. The Balaban J connectivity index is 1.86. The number of aryl methyl sites for hydroxylation is 1. The number of benzene rings is 1. The maximum Gasteiger partial charge on any atom is 0.0373 e. The van der Waals surface area contributed by atoms with E-state index < -0.39 is 0 Å². The van der Waals surface area contributed by atoms with Crippen LogP contribution in [0.2, 0.25) is 0 Å². The highest BCUT2D eigenvalue weighted by Crippen LogP contribution is 2.31. The van der Waals surface area contributed by atoms with E-state index in [4.69, 9.17) is 0 Å². The Kier molecular flexibility index (Phi) is 3.58. The molecule has 1 saturated heterocycles. The van der Waals surface area contributed by atoms with E-state index in [-0.39, 0.29) is 0 Å². The van der Waals surface area contributed by atoms with Crippen molar-refractivity contribution in [3.63, 3.8) is 0 Å². The SMILES string of the molecule is Cc1ccsc1-c1cccc(N2CCN(C)CC2)c1. The second-order valence-electron chi connectivity index (χ2n) is 5.27. The van der Waals surface area contributed by atoms with Crippen LogP contribution in [0.4, 0.5) is 5.69 Å². The van der Waals surface area contributed by atoms with E-state index in [0.29, 0.717) is 0 Å². The number of hydrogen-bond acceptors (Lipinski definition) is 3. The van der Waals surface area contributed by atoms with E-state index in [1.54, 1.807) is 0 Å². The highest BCUT2D eigenvalue weighted by atomic mass is 32.1.